The maximum absolute atomic E-state index is 13.0. The molecule has 0 saturated heterocycles. The predicted molar refractivity (Wildman–Crippen MR) is 97.0 cm³/mol. The molecule has 0 aromatic heterocycles. The van der Waals surface area contributed by atoms with E-state index in [4.69, 9.17) is 4.74 Å². The summed E-state index contributed by atoms with van der Waals surface area (Å²) in [4.78, 5) is 15.0. The van der Waals surface area contributed by atoms with Crippen molar-refractivity contribution in [2.45, 2.75) is 45.9 Å². The van der Waals surface area contributed by atoms with E-state index in [-0.39, 0.29) is 11.9 Å². The first-order valence-corrected chi connectivity index (χ1v) is 8.64. The number of carbonyl (C=O) groups excluding carboxylic acids is 1. The fourth-order valence-corrected chi connectivity index (χ4v) is 3.29. The van der Waals surface area contributed by atoms with Gasteiger partial charge in [-0.05, 0) is 36.5 Å². The number of fused-ring (bicyclic) bond motifs is 1. The summed E-state index contributed by atoms with van der Waals surface area (Å²) in [7, 11) is 0. The van der Waals surface area contributed by atoms with E-state index in [1.54, 1.807) is 0 Å². The molecule has 3 rings (SSSR count). The number of amides is 1. The summed E-state index contributed by atoms with van der Waals surface area (Å²) >= 11 is 0. The SMILES string of the molecule is CC(C)C1Cc2ccccc2N1C(=O)[C@@H](C)OCc1ccccc1. The van der Waals surface area contributed by atoms with Crippen LogP contribution in [0.4, 0.5) is 5.69 Å². The van der Waals surface area contributed by atoms with Crippen molar-refractivity contribution < 1.29 is 9.53 Å². The lowest BCUT2D eigenvalue weighted by molar-refractivity contribution is -0.130. The summed E-state index contributed by atoms with van der Waals surface area (Å²) in [5, 5.41) is 0. The van der Waals surface area contributed by atoms with Crippen molar-refractivity contribution in [2.24, 2.45) is 5.92 Å². The smallest absolute Gasteiger partial charge is 0.256 e. The number of rotatable bonds is 5. The van der Waals surface area contributed by atoms with Gasteiger partial charge in [0.15, 0.2) is 0 Å². The largest absolute Gasteiger partial charge is 0.364 e. The van der Waals surface area contributed by atoms with E-state index in [2.05, 4.69) is 19.9 Å². The third-order valence-corrected chi connectivity index (χ3v) is 4.71. The van der Waals surface area contributed by atoms with Crippen molar-refractivity contribution in [3.05, 3.63) is 65.7 Å². The average molecular weight is 323 g/mol. The lowest BCUT2D eigenvalue weighted by Gasteiger charge is -2.30. The van der Waals surface area contributed by atoms with Crippen LogP contribution < -0.4 is 4.90 Å². The van der Waals surface area contributed by atoms with Gasteiger partial charge in [-0.2, -0.15) is 0 Å². The molecule has 1 aliphatic rings. The zero-order valence-corrected chi connectivity index (χ0v) is 14.6. The van der Waals surface area contributed by atoms with Crippen molar-refractivity contribution in [3.63, 3.8) is 0 Å². The fraction of sp³-hybridized carbons (Fsp3) is 0.381. The molecule has 2 aromatic carbocycles. The van der Waals surface area contributed by atoms with Gasteiger partial charge in [0, 0.05) is 11.7 Å². The van der Waals surface area contributed by atoms with Gasteiger partial charge in [-0.3, -0.25) is 4.79 Å². The molecule has 24 heavy (non-hydrogen) atoms. The number of benzene rings is 2. The van der Waals surface area contributed by atoms with Gasteiger partial charge < -0.3 is 9.64 Å². The van der Waals surface area contributed by atoms with E-state index >= 15 is 0 Å². The van der Waals surface area contributed by atoms with Crippen molar-refractivity contribution in [1.29, 1.82) is 0 Å². The van der Waals surface area contributed by atoms with Gasteiger partial charge in [-0.25, -0.2) is 0 Å². The van der Waals surface area contributed by atoms with Gasteiger partial charge in [0.05, 0.1) is 6.61 Å². The van der Waals surface area contributed by atoms with E-state index in [1.165, 1.54) is 5.56 Å². The van der Waals surface area contributed by atoms with Crippen LogP contribution in [0.5, 0.6) is 0 Å². The maximum Gasteiger partial charge on any atom is 0.256 e. The molecule has 0 radical (unpaired) electrons. The Morgan fingerprint density at radius 1 is 1.08 bits per heavy atom. The van der Waals surface area contributed by atoms with E-state index < -0.39 is 6.10 Å². The Kier molecular flexibility index (Phi) is 5.00. The topological polar surface area (TPSA) is 29.5 Å². The van der Waals surface area contributed by atoms with Gasteiger partial charge in [-0.1, -0.05) is 62.4 Å². The minimum Gasteiger partial charge on any atom is -0.364 e. The number of para-hydroxylation sites is 1. The van der Waals surface area contributed by atoms with Crippen LogP contribution in [-0.4, -0.2) is 18.1 Å². The first-order valence-electron chi connectivity index (χ1n) is 8.64. The monoisotopic (exact) mass is 323 g/mol. The number of hydrogen-bond donors (Lipinski definition) is 0. The highest BCUT2D eigenvalue weighted by Crippen LogP contribution is 2.35. The van der Waals surface area contributed by atoms with Crippen molar-refractivity contribution in [2.75, 3.05) is 4.90 Å². The Balaban J connectivity index is 1.74. The molecule has 0 fully saturated rings. The third kappa shape index (κ3) is 3.36. The number of nitrogens with zero attached hydrogens (tertiary/aromatic N) is 1. The molecule has 0 bridgehead atoms. The highest BCUT2D eigenvalue weighted by molar-refractivity contribution is 5.99. The molecule has 1 aliphatic heterocycles. The molecule has 126 valence electrons. The molecule has 1 unspecified atom stereocenters. The van der Waals surface area contributed by atoms with Crippen LogP contribution in [0, 0.1) is 5.92 Å². The fourth-order valence-electron chi connectivity index (χ4n) is 3.29. The van der Waals surface area contributed by atoms with Crippen molar-refractivity contribution >= 4 is 11.6 Å². The molecule has 3 heteroatoms. The van der Waals surface area contributed by atoms with Gasteiger partial charge in [0.25, 0.3) is 5.91 Å². The van der Waals surface area contributed by atoms with Crippen LogP contribution in [0.2, 0.25) is 0 Å². The van der Waals surface area contributed by atoms with Crippen LogP contribution in [0.15, 0.2) is 54.6 Å². The molecule has 0 N–H and O–H groups in total. The third-order valence-electron chi connectivity index (χ3n) is 4.71. The molecule has 1 heterocycles. The molecule has 0 saturated carbocycles. The molecular weight excluding hydrogens is 298 g/mol. The van der Waals surface area contributed by atoms with Crippen LogP contribution >= 0.6 is 0 Å². The second-order valence-electron chi connectivity index (χ2n) is 6.79. The minimum absolute atomic E-state index is 0.0505. The summed E-state index contributed by atoms with van der Waals surface area (Å²) in [5.41, 5.74) is 3.37. The molecular formula is C21H25NO2. The van der Waals surface area contributed by atoms with E-state index in [9.17, 15) is 4.79 Å². The highest BCUT2D eigenvalue weighted by Gasteiger charge is 2.37. The Labute approximate surface area is 144 Å². The van der Waals surface area contributed by atoms with Crippen molar-refractivity contribution in [1.82, 2.24) is 0 Å². The van der Waals surface area contributed by atoms with E-state index in [1.807, 2.05) is 60.4 Å². The standard InChI is InChI=1S/C21H25NO2/c1-15(2)20-13-18-11-7-8-12-19(18)22(20)21(23)16(3)24-14-17-9-5-4-6-10-17/h4-12,15-16,20H,13-14H2,1-3H3/t16-,20?/m1/s1. The number of carbonyl (C=O) groups is 1. The molecule has 1 amide bonds. The second kappa shape index (κ2) is 7.18. The summed E-state index contributed by atoms with van der Waals surface area (Å²) in [6.45, 7) is 6.65. The molecule has 2 aromatic rings. The number of anilines is 1. The second-order valence-corrected chi connectivity index (χ2v) is 6.79. The van der Waals surface area contributed by atoms with Gasteiger partial charge in [-0.15, -0.1) is 0 Å². The van der Waals surface area contributed by atoms with E-state index in [0.717, 1.165) is 17.7 Å². The normalized spacial score (nSPS) is 17.8. The quantitative estimate of drug-likeness (QED) is 0.825. The Hall–Kier alpha value is -2.13. The Morgan fingerprint density at radius 3 is 2.46 bits per heavy atom. The summed E-state index contributed by atoms with van der Waals surface area (Å²) in [6, 6.07) is 18.4. The molecule has 2 atom stereocenters. The van der Waals surface area contributed by atoms with Gasteiger partial charge >= 0.3 is 0 Å². The van der Waals surface area contributed by atoms with Gasteiger partial charge in [0.2, 0.25) is 0 Å². The Morgan fingerprint density at radius 2 is 1.75 bits per heavy atom. The number of ether oxygens (including phenoxy) is 1. The predicted octanol–water partition coefficient (Wildman–Crippen LogP) is 4.21. The molecule has 3 nitrogen and oxygen atoms in total. The zero-order valence-electron chi connectivity index (χ0n) is 14.6. The van der Waals surface area contributed by atoms with Crippen LogP contribution in [0.25, 0.3) is 0 Å². The van der Waals surface area contributed by atoms with Gasteiger partial charge in [0.1, 0.15) is 6.10 Å². The van der Waals surface area contributed by atoms with Crippen LogP contribution in [0.3, 0.4) is 0 Å². The summed E-state index contributed by atoms with van der Waals surface area (Å²) in [6.07, 6.45) is 0.461. The molecule has 0 spiro atoms. The first-order chi connectivity index (χ1) is 11.6. The molecule has 0 aliphatic carbocycles. The average Bonchev–Trinajstić information content (AvgIpc) is 2.99. The zero-order chi connectivity index (χ0) is 17.1. The first kappa shape index (κ1) is 16.7. The Bertz CT molecular complexity index is 696. The highest BCUT2D eigenvalue weighted by atomic mass is 16.5. The summed E-state index contributed by atoms with van der Waals surface area (Å²) < 4.78 is 5.85. The maximum atomic E-state index is 13.0. The number of hydrogen-bond acceptors (Lipinski definition) is 2. The minimum atomic E-state index is -0.461. The summed E-state index contributed by atoms with van der Waals surface area (Å²) in [5.74, 6) is 0.456. The lowest BCUT2D eigenvalue weighted by atomic mass is 10.00. The lowest BCUT2D eigenvalue weighted by Crippen LogP contribution is -2.46. The van der Waals surface area contributed by atoms with Crippen molar-refractivity contribution in [3.8, 4) is 0 Å². The van der Waals surface area contributed by atoms with E-state index in [0.29, 0.717) is 12.5 Å². The van der Waals surface area contributed by atoms with Crippen LogP contribution in [0.1, 0.15) is 31.9 Å². The van der Waals surface area contributed by atoms with Crippen LogP contribution in [-0.2, 0) is 22.6 Å².